The summed E-state index contributed by atoms with van der Waals surface area (Å²) in [6.07, 6.45) is 7.51. The Morgan fingerprint density at radius 1 is 1.25 bits per heavy atom. The van der Waals surface area contributed by atoms with Crippen LogP contribution in [0.25, 0.3) is 0 Å². The van der Waals surface area contributed by atoms with Crippen LogP contribution < -0.4 is 5.43 Å². The third kappa shape index (κ3) is 3.89. The third-order valence-corrected chi connectivity index (χ3v) is 4.05. The van der Waals surface area contributed by atoms with Crippen molar-refractivity contribution >= 4 is 11.6 Å². The second kappa shape index (κ2) is 6.16. The van der Waals surface area contributed by atoms with Gasteiger partial charge in [-0.3, -0.25) is 9.78 Å². The SMILES string of the molecule is CC(C)(C)C1CCC(=NNC(=O)c2ccncc2)CC1. The fourth-order valence-electron chi connectivity index (χ4n) is 2.63. The predicted molar refractivity (Wildman–Crippen MR) is 80.6 cm³/mol. The summed E-state index contributed by atoms with van der Waals surface area (Å²) in [5.41, 5.74) is 4.71. The number of aromatic nitrogens is 1. The van der Waals surface area contributed by atoms with E-state index in [0.29, 0.717) is 11.0 Å². The molecule has 2 rings (SSSR count). The number of pyridine rings is 1. The summed E-state index contributed by atoms with van der Waals surface area (Å²) in [5.74, 6) is 0.579. The van der Waals surface area contributed by atoms with Crippen LogP contribution in [0.1, 0.15) is 56.8 Å². The number of rotatable bonds is 2. The Balaban J connectivity index is 1.87. The maximum absolute atomic E-state index is 11.9. The molecule has 4 heteroatoms. The predicted octanol–water partition coefficient (Wildman–Crippen LogP) is 3.40. The van der Waals surface area contributed by atoms with E-state index in [2.05, 4.69) is 36.3 Å². The molecular weight excluding hydrogens is 250 g/mol. The van der Waals surface area contributed by atoms with Gasteiger partial charge in [0.1, 0.15) is 0 Å². The number of hydrazone groups is 1. The first-order chi connectivity index (χ1) is 9.47. The van der Waals surface area contributed by atoms with E-state index in [-0.39, 0.29) is 5.91 Å². The second-order valence-electron chi connectivity index (χ2n) is 6.50. The van der Waals surface area contributed by atoms with Gasteiger partial charge in [0.25, 0.3) is 5.91 Å². The summed E-state index contributed by atoms with van der Waals surface area (Å²) in [4.78, 5) is 15.8. The lowest BCUT2D eigenvalue weighted by Gasteiger charge is -2.34. The van der Waals surface area contributed by atoms with Gasteiger partial charge in [-0.1, -0.05) is 20.8 Å². The van der Waals surface area contributed by atoms with Gasteiger partial charge in [0.2, 0.25) is 0 Å². The number of amides is 1. The fourth-order valence-corrected chi connectivity index (χ4v) is 2.63. The Kier molecular flexibility index (Phi) is 4.53. The van der Waals surface area contributed by atoms with Gasteiger partial charge in [-0.25, -0.2) is 5.43 Å². The molecule has 1 aromatic heterocycles. The van der Waals surface area contributed by atoms with E-state index in [1.165, 1.54) is 0 Å². The lowest BCUT2D eigenvalue weighted by Crippen LogP contribution is -2.27. The minimum Gasteiger partial charge on any atom is -0.267 e. The summed E-state index contributed by atoms with van der Waals surface area (Å²) >= 11 is 0. The minimum atomic E-state index is -0.169. The molecule has 1 fully saturated rings. The molecule has 0 saturated heterocycles. The lowest BCUT2D eigenvalue weighted by molar-refractivity contribution is 0.0954. The summed E-state index contributed by atoms with van der Waals surface area (Å²) in [7, 11) is 0. The van der Waals surface area contributed by atoms with Crippen molar-refractivity contribution in [2.75, 3.05) is 0 Å². The molecule has 0 aliphatic heterocycles. The smallest absolute Gasteiger partial charge is 0.267 e. The molecule has 20 heavy (non-hydrogen) atoms. The van der Waals surface area contributed by atoms with E-state index in [9.17, 15) is 4.79 Å². The minimum absolute atomic E-state index is 0.169. The molecular formula is C16H23N3O. The number of nitrogens with one attached hydrogen (secondary N) is 1. The van der Waals surface area contributed by atoms with Gasteiger partial charge in [0.15, 0.2) is 0 Å². The lowest BCUT2D eigenvalue weighted by atomic mass is 9.72. The van der Waals surface area contributed by atoms with E-state index in [1.807, 2.05) is 0 Å². The van der Waals surface area contributed by atoms with Crippen molar-refractivity contribution in [1.29, 1.82) is 0 Å². The normalized spacial score (nSPS) is 19.6. The van der Waals surface area contributed by atoms with Gasteiger partial charge >= 0.3 is 0 Å². The Hall–Kier alpha value is -1.71. The van der Waals surface area contributed by atoms with Gasteiger partial charge in [-0.2, -0.15) is 5.10 Å². The summed E-state index contributed by atoms with van der Waals surface area (Å²) < 4.78 is 0. The van der Waals surface area contributed by atoms with E-state index in [0.717, 1.165) is 37.3 Å². The van der Waals surface area contributed by atoms with E-state index < -0.39 is 0 Å². The molecule has 0 radical (unpaired) electrons. The van der Waals surface area contributed by atoms with Gasteiger partial charge in [0.05, 0.1) is 0 Å². The van der Waals surface area contributed by atoms with Crippen LogP contribution in [0.2, 0.25) is 0 Å². The average molecular weight is 273 g/mol. The monoisotopic (exact) mass is 273 g/mol. The van der Waals surface area contributed by atoms with Crippen molar-refractivity contribution < 1.29 is 4.79 Å². The molecule has 1 amide bonds. The zero-order valence-electron chi connectivity index (χ0n) is 12.5. The molecule has 1 aliphatic rings. The molecule has 1 N–H and O–H groups in total. The highest BCUT2D eigenvalue weighted by Gasteiger charge is 2.28. The molecule has 1 aromatic rings. The van der Waals surface area contributed by atoms with Crippen LogP contribution in [0.15, 0.2) is 29.6 Å². The highest BCUT2D eigenvalue weighted by atomic mass is 16.2. The van der Waals surface area contributed by atoms with Crippen LogP contribution in [-0.4, -0.2) is 16.6 Å². The quantitative estimate of drug-likeness (QED) is 0.840. The van der Waals surface area contributed by atoms with Crippen molar-refractivity contribution in [3.05, 3.63) is 30.1 Å². The van der Waals surface area contributed by atoms with Crippen LogP contribution in [-0.2, 0) is 0 Å². The highest BCUT2D eigenvalue weighted by Crippen LogP contribution is 2.36. The van der Waals surface area contributed by atoms with Crippen LogP contribution in [0.5, 0.6) is 0 Å². The molecule has 0 unspecified atom stereocenters. The van der Waals surface area contributed by atoms with Gasteiger partial charge in [0, 0.05) is 23.7 Å². The molecule has 0 atom stereocenters. The van der Waals surface area contributed by atoms with Crippen LogP contribution in [0.3, 0.4) is 0 Å². The van der Waals surface area contributed by atoms with Crippen molar-refractivity contribution in [3.8, 4) is 0 Å². The Morgan fingerprint density at radius 3 is 2.40 bits per heavy atom. The number of hydrogen-bond donors (Lipinski definition) is 1. The largest absolute Gasteiger partial charge is 0.271 e. The second-order valence-corrected chi connectivity index (χ2v) is 6.50. The molecule has 0 aromatic carbocycles. The molecule has 1 saturated carbocycles. The first-order valence-corrected chi connectivity index (χ1v) is 7.22. The Morgan fingerprint density at radius 2 is 1.85 bits per heavy atom. The van der Waals surface area contributed by atoms with Crippen molar-refractivity contribution in [1.82, 2.24) is 10.4 Å². The number of carbonyl (C=O) groups excluding carboxylic acids is 1. The van der Waals surface area contributed by atoms with Crippen LogP contribution in [0, 0.1) is 11.3 Å². The van der Waals surface area contributed by atoms with Crippen molar-refractivity contribution in [2.45, 2.75) is 46.5 Å². The zero-order chi connectivity index (χ0) is 14.6. The molecule has 0 bridgehead atoms. The molecule has 1 aliphatic carbocycles. The summed E-state index contributed by atoms with van der Waals surface area (Å²) in [6, 6.07) is 3.37. The third-order valence-electron chi connectivity index (χ3n) is 4.05. The number of hydrogen-bond acceptors (Lipinski definition) is 3. The highest BCUT2D eigenvalue weighted by molar-refractivity contribution is 5.95. The first-order valence-electron chi connectivity index (χ1n) is 7.22. The summed E-state index contributed by atoms with van der Waals surface area (Å²) in [5, 5.41) is 4.27. The van der Waals surface area contributed by atoms with E-state index in [1.54, 1.807) is 24.5 Å². The van der Waals surface area contributed by atoms with E-state index >= 15 is 0 Å². The molecule has 1 heterocycles. The van der Waals surface area contributed by atoms with Gasteiger partial charge in [-0.15, -0.1) is 0 Å². The number of carbonyl (C=O) groups is 1. The summed E-state index contributed by atoms with van der Waals surface area (Å²) in [6.45, 7) is 6.89. The Labute approximate surface area is 120 Å². The zero-order valence-corrected chi connectivity index (χ0v) is 12.5. The van der Waals surface area contributed by atoms with Crippen LogP contribution in [0.4, 0.5) is 0 Å². The average Bonchev–Trinajstić information content (AvgIpc) is 2.45. The molecule has 0 spiro atoms. The van der Waals surface area contributed by atoms with Gasteiger partial charge in [-0.05, 0) is 49.1 Å². The fraction of sp³-hybridized carbons (Fsp3) is 0.562. The van der Waals surface area contributed by atoms with Gasteiger partial charge < -0.3 is 0 Å². The van der Waals surface area contributed by atoms with Crippen molar-refractivity contribution in [2.24, 2.45) is 16.4 Å². The molecule has 4 nitrogen and oxygen atoms in total. The topological polar surface area (TPSA) is 54.4 Å². The maximum Gasteiger partial charge on any atom is 0.271 e. The van der Waals surface area contributed by atoms with E-state index in [4.69, 9.17) is 0 Å². The first kappa shape index (κ1) is 14.7. The van der Waals surface area contributed by atoms with Crippen LogP contribution >= 0.6 is 0 Å². The molecule has 108 valence electrons. The maximum atomic E-state index is 11.9. The Bertz CT molecular complexity index is 478. The van der Waals surface area contributed by atoms with Crippen molar-refractivity contribution in [3.63, 3.8) is 0 Å². The standard InChI is InChI=1S/C16H23N3O/c1-16(2,3)13-4-6-14(7-5-13)18-19-15(20)12-8-10-17-11-9-12/h8-11,13H,4-7H2,1-3H3,(H,19,20). The number of nitrogens with zero attached hydrogens (tertiary/aromatic N) is 2.